The zero-order valence-electron chi connectivity index (χ0n) is 19.0. The Balaban J connectivity index is 0.00000112. The van der Waals surface area contributed by atoms with Gasteiger partial charge in [-0.3, -0.25) is 0 Å². The van der Waals surface area contributed by atoms with Gasteiger partial charge in [-0.1, -0.05) is 32.1 Å². The number of hydrogen-bond donors (Lipinski definition) is 2. The monoisotopic (exact) mass is 419 g/mol. The molecule has 0 bridgehead atoms. The maximum Gasteiger partial charge on any atom is 0.146 e. The molecule has 4 N–H and O–H groups in total. The lowest BCUT2D eigenvalue weighted by atomic mass is 9.59. The molecule has 2 aliphatic rings. The summed E-state index contributed by atoms with van der Waals surface area (Å²) in [7, 11) is 3.75. The molecule has 1 fully saturated rings. The van der Waals surface area contributed by atoms with Crippen molar-refractivity contribution in [1.82, 2.24) is 14.5 Å². The van der Waals surface area contributed by atoms with Crippen LogP contribution in [0, 0.1) is 5.41 Å². The van der Waals surface area contributed by atoms with Gasteiger partial charge < -0.3 is 20.8 Å². The van der Waals surface area contributed by atoms with E-state index in [2.05, 4.69) is 39.8 Å². The first-order valence-electron chi connectivity index (χ1n) is 11.2. The fourth-order valence-electron chi connectivity index (χ4n) is 5.27. The van der Waals surface area contributed by atoms with Gasteiger partial charge in [-0.25, -0.2) is 9.97 Å². The van der Waals surface area contributed by atoms with E-state index in [0.29, 0.717) is 17.3 Å². The van der Waals surface area contributed by atoms with E-state index in [4.69, 9.17) is 16.2 Å². The number of nitrogens with zero attached hydrogens (tertiary/aromatic N) is 3. The van der Waals surface area contributed by atoms with Crippen LogP contribution in [0.15, 0.2) is 36.7 Å². The Morgan fingerprint density at radius 2 is 1.84 bits per heavy atom. The van der Waals surface area contributed by atoms with Gasteiger partial charge in [0.05, 0.1) is 18.2 Å². The second-order valence-electron chi connectivity index (χ2n) is 8.57. The molecule has 31 heavy (non-hydrogen) atoms. The summed E-state index contributed by atoms with van der Waals surface area (Å²) < 4.78 is 7.51. The zero-order valence-corrected chi connectivity index (χ0v) is 19.0. The first-order chi connectivity index (χ1) is 15.0. The summed E-state index contributed by atoms with van der Waals surface area (Å²) in [6, 6.07) is 8.52. The molecule has 0 unspecified atom stereocenters. The standard InChI is InChI=1S/C23H27N5O.C2H6/c1-28-20(15-7-9-23(10-8-15)11-16(24)12-23)18(14-3-5-17(29-2)6-4-14)19-21(25)26-13-27-22(19)28;1-2/h3-7,13,16H,8-12,24H2,1-2H3,(H2,25,26,27);1-2H3. The average Bonchev–Trinajstić information content (AvgIpc) is 3.09. The third-order valence-electron chi connectivity index (χ3n) is 6.78. The number of rotatable bonds is 3. The molecule has 5 rings (SSSR count). The van der Waals surface area contributed by atoms with Crippen LogP contribution in [0.2, 0.25) is 0 Å². The third-order valence-corrected chi connectivity index (χ3v) is 6.78. The topological polar surface area (TPSA) is 92.0 Å². The molecule has 0 radical (unpaired) electrons. The van der Waals surface area contributed by atoms with E-state index in [0.717, 1.165) is 53.6 Å². The molecule has 164 valence electrons. The van der Waals surface area contributed by atoms with Gasteiger partial charge >= 0.3 is 0 Å². The number of nitrogens with two attached hydrogens (primary N) is 2. The summed E-state index contributed by atoms with van der Waals surface area (Å²) in [5.74, 6) is 1.35. The highest BCUT2D eigenvalue weighted by atomic mass is 16.5. The number of aryl methyl sites for hydroxylation is 1. The molecule has 2 heterocycles. The van der Waals surface area contributed by atoms with E-state index < -0.39 is 0 Å². The van der Waals surface area contributed by atoms with Gasteiger partial charge in [0, 0.05) is 18.7 Å². The predicted octanol–water partition coefficient (Wildman–Crippen LogP) is 4.93. The van der Waals surface area contributed by atoms with Gasteiger partial charge in [0.15, 0.2) is 0 Å². The van der Waals surface area contributed by atoms with Crippen molar-refractivity contribution >= 4 is 22.4 Å². The van der Waals surface area contributed by atoms with Crippen molar-refractivity contribution in [3.8, 4) is 16.9 Å². The fourth-order valence-corrected chi connectivity index (χ4v) is 5.27. The minimum Gasteiger partial charge on any atom is -0.497 e. The molecular formula is C25H33N5O. The quantitative estimate of drug-likeness (QED) is 0.628. The molecular weight excluding hydrogens is 386 g/mol. The van der Waals surface area contributed by atoms with Crippen LogP contribution in [0.4, 0.5) is 5.82 Å². The van der Waals surface area contributed by atoms with Crippen LogP contribution in [0.3, 0.4) is 0 Å². The van der Waals surface area contributed by atoms with E-state index in [1.54, 1.807) is 13.4 Å². The number of aromatic nitrogens is 3. The van der Waals surface area contributed by atoms with Gasteiger partial charge in [-0.2, -0.15) is 0 Å². The number of fused-ring (bicyclic) bond motifs is 1. The normalized spacial score (nSPS) is 22.5. The van der Waals surface area contributed by atoms with E-state index in [-0.39, 0.29) is 0 Å². The van der Waals surface area contributed by atoms with E-state index in [1.165, 1.54) is 17.7 Å². The minimum atomic E-state index is 0.382. The van der Waals surface area contributed by atoms with Crippen molar-refractivity contribution in [2.45, 2.75) is 52.0 Å². The molecule has 1 aromatic carbocycles. The highest BCUT2D eigenvalue weighted by molar-refractivity contribution is 6.05. The van der Waals surface area contributed by atoms with Crippen molar-refractivity contribution in [1.29, 1.82) is 0 Å². The Bertz CT molecular complexity index is 1110. The van der Waals surface area contributed by atoms with Gasteiger partial charge in [-0.05, 0) is 60.8 Å². The van der Waals surface area contributed by atoms with Gasteiger partial charge in [0.1, 0.15) is 23.5 Å². The molecule has 3 aromatic rings. The maximum atomic E-state index is 6.33. The molecule has 0 saturated heterocycles. The van der Waals surface area contributed by atoms with Crippen molar-refractivity contribution in [2.75, 3.05) is 12.8 Å². The zero-order chi connectivity index (χ0) is 22.2. The van der Waals surface area contributed by atoms with Gasteiger partial charge in [0.2, 0.25) is 0 Å². The largest absolute Gasteiger partial charge is 0.497 e. The van der Waals surface area contributed by atoms with Crippen LogP contribution in [0.5, 0.6) is 5.75 Å². The lowest BCUT2D eigenvalue weighted by molar-refractivity contribution is 0.0933. The lowest BCUT2D eigenvalue weighted by Gasteiger charge is -2.48. The van der Waals surface area contributed by atoms with Crippen molar-refractivity contribution in [3.05, 3.63) is 42.4 Å². The number of allylic oxidation sites excluding steroid dienone is 2. The summed E-state index contributed by atoms with van der Waals surface area (Å²) in [6.07, 6.45) is 9.59. The van der Waals surface area contributed by atoms with Gasteiger partial charge in [0.25, 0.3) is 0 Å². The van der Waals surface area contributed by atoms with E-state index >= 15 is 0 Å². The number of benzene rings is 1. The Morgan fingerprint density at radius 3 is 2.42 bits per heavy atom. The number of methoxy groups -OCH3 is 1. The Hall–Kier alpha value is -2.86. The number of anilines is 1. The molecule has 1 spiro atoms. The molecule has 2 aromatic heterocycles. The third kappa shape index (κ3) is 3.59. The van der Waals surface area contributed by atoms with Crippen molar-refractivity contribution < 1.29 is 4.74 Å². The minimum absolute atomic E-state index is 0.382. The van der Waals surface area contributed by atoms with E-state index in [1.807, 2.05) is 26.0 Å². The summed E-state index contributed by atoms with van der Waals surface area (Å²) in [5, 5.41) is 0.919. The summed E-state index contributed by atoms with van der Waals surface area (Å²) in [6.45, 7) is 4.00. The predicted molar refractivity (Wildman–Crippen MR) is 128 cm³/mol. The van der Waals surface area contributed by atoms with Crippen molar-refractivity contribution in [3.63, 3.8) is 0 Å². The number of hydrogen-bond acceptors (Lipinski definition) is 5. The highest BCUT2D eigenvalue weighted by Gasteiger charge is 2.43. The molecule has 2 aliphatic carbocycles. The molecule has 0 atom stereocenters. The number of ether oxygens (including phenoxy) is 1. The lowest BCUT2D eigenvalue weighted by Crippen LogP contribution is -2.46. The van der Waals surface area contributed by atoms with Crippen LogP contribution in [0.1, 0.15) is 51.6 Å². The van der Waals surface area contributed by atoms with Crippen LogP contribution >= 0.6 is 0 Å². The summed E-state index contributed by atoms with van der Waals surface area (Å²) >= 11 is 0. The molecule has 6 heteroatoms. The molecule has 0 aliphatic heterocycles. The Labute approximate surface area is 184 Å². The van der Waals surface area contributed by atoms with Gasteiger partial charge in [-0.15, -0.1) is 0 Å². The second kappa shape index (κ2) is 8.35. The SMILES string of the molecule is CC.COc1ccc(-c2c(C3=CCC4(CC3)CC(N)C4)n(C)c3ncnc(N)c23)cc1. The van der Waals surface area contributed by atoms with Crippen LogP contribution in [-0.4, -0.2) is 27.7 Å². The van der Waals surface area contributed by atoms with Crippen LogP contribution in [-0.2, 0) is 7.05 Å². The second-order valence-corrected chi connectivity index (χ2v) is 8.57. The fraction of sp³-hybridized carbons (Fsp3) is 0.440. The Morgan fingerprint density at radius 1 is 1.13 bits per heavy atom. The summed E-state index contributed by atoms with van der Waals surface area (Å²) in [4.78, 5) is 8.82. The molecule has 6 nitrogen and oxygen atoms in total. The smallest absolute Gasteiger partial charge is 0.146 e. The maximum absolute atomic E-state index is 6.33. The van der Waals surface area contributed by atoms with Crippen LogP contribution < -0.4 is 16.2 Å². The first-order valence-corrected chi connectivity index (χ1v) is 11.2. The first kappa shape index (κ1) is 21.4. The highest BCUT2D eigenvalue weighted by Crippen LogP contribution is 2.53. The van der Waals surface area contributed by atoms with Crippen LogP contribution in [0.25, 0.3) is 27.7 Å². The van der Waals surface area contributed by atoms with E-state index in [9.17, 15) is 0 Å². The number of nitrogen functional groups attached to an aromatic ring is 1. The molecule has 0 amide bonds. The summed E-state index contributed by atoms with van der Waals surface area (Å²) in [5.41, 5.74) is 18.5. The van der Waals surface area contributed by atoms with Crippen molar-refractivity contribution in [2.24, 2.45) is 18.2 Å². The Kier molecular flexibility index (Phi) is 5.75. The molecule has 1 saturated carbocycles. The average molecular weight is 420 g/mol.